The van der Waals surface area contributed by atoms with Crippen LogP contribution < -0.4 is 9.64 Å². The molecule has 0 saturated carbocycles. The highest BCUT2D eigenvalue weighted by Crippen LogP contribution is 2.49. The van der Waals surface area contributed by atoms with Gasteiger partial charge in [-0.1, -0.05) is 19.9 Å². The van der Waals surface area contributed by atoms with Gasteiger partial charge in [-0.25, -0.2) is 0 Å². The number of aliphatic carboxylic acids is 1. The van der Waals surface area contributed by atoms with Crippen molar-refractivity contribution in [1.29, 1.82) is 0 Å². The summed E-state index contributed by atoms with van der Waals surface area (Å²) in [5, 5.41) is 28.3. The zero-order chi connectivity index (χ0) is 22.2. The molecule has 2 atom stereocenters. The number of carbonyl (C=O) groups excluding carboxylic acids is 1. The van der Waals surface area contributed by atoms with Gasteiger partial charge < -0.3 is 20.1 Å². The molecule has 1 fully saturated rings. The van der Waals surface area contributed by atoms with E-state index in [2.05, 4.69) is 0 Å². The second kappa shape index (κ2) is 8.47. The van der Waals surface area contributed by atoms with E-state index < -0.39 is 16.6 Å². The van der Waals surface area contributed by atoms with Gasteiger partial charge >= 0.3 is 5.97 Å². The summed E-state index contributed by atoms with van der Waals surface area (Å²) in [6.45, 7) is 5.70. The highest BCUT2D eigenvalue weighted by molar-refractivity contribution is 8.01. The molecule has 0 aliphatic carbocycles. The van der Waals surface area contributed by atoms with Crippen molar-refractivity contribution in [2.24, 2.45) is 0 Å². The molecule has 30 heavy (non-hydrogen) atoms. The molecule has 1 aliphatic rings. The lowest BCUT2D eigenvalue weighted by molar-refractivity contribution is -0.138. The van der Waals surface area contributed by atoms with Crippen LogP contribution in [0.1, 0.15) is 48.3 Å². The fourth-order valence-corrected chi connectivity index (χ4v) is 5.00. The van der Waals surface area contributed by atoms with E-state index in [9.17, 15) is 24.9 Å². The molecule has 3 rings (SSSR count). The summed E-state index contributed by atoms with van der Waals surface area (Å²) in [5.41, 5.74) is 2.74. The Morgan fingerprint density at radius 3 is 2.50 bits per heavy atom. The predicted molar refractivity (Wildman–Crippen MR) is 115 cm³/mol. The second-order valence-electron chi connectivity index (χ2n) is 7.57. The number of ether oxygens (including phenoxy) is 1. The van der Waals surface area contributed by atoms with Crippen molar-refractivity contribution in [3.05, 3.63) is 47.0 Å². The molecule has 1 aliphatic heterocycles. The number of nitrogens with zero attached hydrogens (tertiary/aromatic N) is 1. The third-order valence-corrected chi connectivity index (χ3v) is 6.55. The van der Waals surface area contributed by atoms with Crippen LogP contribution in [0.5, 0.6) is 17.2 Å². The zero-order valence-corrected chi connectivity index (χ0v) is 18.1. The van der Waals surface area contributed by atoms with Gasteiger partial charge in [0.1, 0.15) is 11.1 Å². The first-order valence-corrected chi connectivity index (χ1v) is 10.5. The van der Waals surface area contributed by atoms with E-state index in [0.29, 0.717) is 22.4 Å². The number of anilines is 1. The molecular weight excluding hydrogens is 406 g/mol. The normalized spacial score (nSPS) is 18.8. The third kappa shape index (κ3) is 4.05. The maximum absolute atomic E-state index is 13.3. The molecule has 1 heterocycles. The first-order chi connectivity index (χ1) is 14.1. The van der Waals surface area contributed by atoms with Gasteiger partial charge in [0.15, 0.2) is 11.5 Å². The van der Waals surface area contributed by atoms with E-state index in [1.807, 2.05) is 13.8 Å². The van der Waals surface area contributed by atoms with Crippen molar-refractivity contribution in [2.75, 3.05) is 12.0 Å². The molecule has 0 radical (unpaired) electrons. The van der Waals surface area contributed by atoms with Crippen LogP contribution in [-0.4, -0.2) is 39.6 Å². The Morgan fingerprint density at radius 1 is 1.20 bits per heavy atom. The first kappa shape index (κ1) is 21.8. The highest BCUT2D eigenvalue weighted by atomic mass is 32.2. The monoisotopic (exact) mass is 431 g/mol. The lowest BCUT2D eigenvalue weighted by Gasteiger charge is -2.27. The number of carboxylic acids is 1. The molecular formula is C22H25NO6S. The van der Waals surface area contributed by atoms with Gasteiger partial charge in [0, 0.05) is 5.69 Å². The number of phenolic OH excluding ortho intramolecular Hbond substituents is 2. The van der Waals surface area contributed by atoms with Crippen molar-refractivity contribution >= 4 is 29.3 Å². The quantitative estimate of drug-likeness (QED) is 0.630. The number of carboxylic acid groups (broad SMARTS) is 1. The smallest absolute Gasteiger partial charge is 0.305 e. The second-order valence-corrected chi connectivity index (χ2v) is 8.85. The number of amides is 1. The lowest BCUT2D eigenvalue weighted by Crippen LogP contribution is -2.32. The minimum Gasteiger partial charge on any atom is -0.508 e. The summed E-state index contributed by atoms with van der Waals surface area (Å²) in [5.74, 6) is -0.898. The molecule has 7 nitrogen and oxygen atoms in total. The number of hydrogen-bond donors (Lipinski definition) is 3. The van der Waals surface area contributed by atoms with Gasteiger partial charge in [0.25, 0.3) is 0 Å². The van der Waals surface area contributed by atoms with Crippen molar-refractivity contribution in [1.82, 2.24) is 0 Å². The van der Waals surface area contributed by atoms with Crippen LogP contribution in [0.4, 0.5) is 5.69 Å². The predicted octanol–water partition coefficient (Wildman–Crippen LogP) is 4.16. The summed E-state index contributed by atoms with van der Waals surface area (Å²) in [7, 11) is 1.44. The molecule has 0 spiro atoms. The van der Waals surface area contributed by atoms with Gasteiger partial charge in [0.2, 0.25) is 5.91 Å². The van der Waals surface area contributed by atoms with Gasteiger partial charge in [-0.3, -0.25) is 14.5 Å². The maximum Gasteiger partial charge on any atom is 0.305 e. The molecule has 3 N–H and O–H groups in total. The van der Waals surface area contributed by atoms with Crippen molar-refractivity contribution in [2.45, 2.75) is 43.7 Å². The van der Waals surface area contributed by atoms with E-state index in [-0.39, 0.29) is 35.5 Å². The number of aromatic hydroxyl groups is 2. The molecule has 2 unspecified atom stereocenters. The van der Waals surface area contributed by atoms with Gasteiger partial charge in [-0.15, -0.1) is 11.8 Å². The minimum atomic E-state index is -1.05. The van der Waals surface area contributed by atoms with E-state index in [1.165, 1.54) is 24.9 Å². The molecule has 1 amide bonds. The van der Waals surface area contributed by atoms with E-state index >= 15 is 0 Å². The van der Waals surface area contributed by atoms with Crippen LogP contribution in [0.2, 0.25) is 0 Å². The van der Waals surface area contributed by atoms with Crippen molar-refractivity contribution < 1.29 is 29.6 Å². The Morgan fingerprint density at radius 2 is 1.90 bits per heavy atom. The van der Waals surface area contributed by atoms with E-state index in [1.54, 1.807) is 36.1 Å². The van der Waals surface area contributed by atoms with Crippen molar-refractivity contribution in [3.63, 3.8) is 0 Å². The Bertz CT molecular complexity index is 990. The Balaban J connectivity index is 2.14. The Kier molecular flexibility index (Phi) is 6.17. The number of carbonyl (C=O) groups is 2. The number of phenols is 2. The number of aryl methyl sites for hydroxylation is 1. The SMILES string of the molecule is COc1cc(C2SC(CC(=O)O)C(=O)N2c2cc(C(C)C)c(O)cc2C)ccc1O. The number of thioether (sulfide) groups is 1. The Hall–Kier alpha value is -2.87. The summed E-state index contributed by atoms with van der Waals surface area (Å²) >= 11 is 1.25. The highest BCUT2D eigenvalue weighted by Gasteiger charge is 2.43. The first-order valence-electron chi connectivity index (χ1n) is 9.54. The zero-order valence-electron chi connectivity index (χ0n) is 17.2. The standard InChI is InChI=1S/C22H25NO6S/c1-11(2)14-9-15(12(3)7-17(14)25)23-21(28)19(10-20(26)27)30-22(23)13-5-6-16(24)18(8-13)29-4/h5-9,11,19,22,24-25H,10H2,1-4H3,(H,26,27). The number of benzene rings is 2. The lowest BCUT2D eigenvalue weighted by atomic mass is 9.98. The summed E-state index contributed by atoms with van der Waals surface area (Å²) in [4.78, 5) is 26.2. The van der Waals surface area contributed by atoms with Gasteiger partial charge in [-0.2, -0.15) is 0 Å². The summed E-state index contributed by atoms with van der Waals surface area (Å²) < 4.78 is 5.20. The van der Waals surface area contributed by atoms with E-state index in [4.69, 9.17) is 4.74 Å². The van der Waals surface area contributed by atoms with Gasteiger partial charge in [0.05, 0.1) is 18.8 Å². The number of methoxy groups -OCH3 is 1. The third-order valence-electron chi connectivity index (χ3n) is 5.12. The number of rotatable bonds is 6. The van der Waals surface area contributed by atoms with Gasteiger partial charge in [-0.05, 0) is 53.8 Å². The van der Waals surface area contributed by atoms with Crippen LogP contribution in [-0.2, 0) is 9.59 Å². The average molecular weight is 432 g/mol. The molecule has 0 bridgehead atoms. The van der Waals surface area contributed by atoms with Crippen molar-refractivity contribution in [3.8, 4) is 17.2 Å². The van der Waals surface area contributed by atoms with Crippen LogP contribution >= 0.6 is 11.8 Å². The largest absolute Gasteiger partial charge is 0.508 e. The summed E-state index contributed by atoms with van der Waals surface area (Å²) in [6.07, 6.45) is -0.292. The molecule has 8 heteroatoms. The summed E-state index contributed by atoms with van der Waals surface area (Å²) in [6, 6.07) is 8.25. The molecule has 2 aromatic carbocycles. The fourth-order valence-electron chi connectivity index (χ4n) is 3.58. The van der Waals surface area contributed by atoms with E-state index in [0.717, 1.165) is 0 Å². The molecule has 2 aromatic rings. The topological polar surface area (TPSA) is 107 Å². The fraction of sp³-hybridized carbons (Fsp3) is 0.364. The Labute approximate surface area is 179 Å². The van der Waals surface area contributed by atoms with Crippen LogP contribution in [0, 0.1) is 6.92 Å². The molecule has 1 saturated heterocycles. The molecule has 160 valence electrons. The van der Waals surface area contributed by atoms with Crippen LogP contribution in [0.25, 0.3) is 0 Å². The average Bonchev–Trinajstić information content (AvgIpc) is 2.97. The maximum atomic E-state index is 13.3. The van der Waals surface area contributed by atoms with Crippen LogP contribution in [0.3, 0.4) is 0 Å². The minimum absolute atomic E-state index is 0.0212. The van der Waals surface area contributed by atoms with Crippen LogP contribution in [0.15, 0.2) is 30.3 Å². The molecule has 0 aromatic heterocycles. The number of hydrogen-bond acceptors (Lipinski definition) is 6.